The summed E-state index contributed by atoms with van der Waals surface area (Å²) in [6.45, 7) is 2.65. The van der Waals surface area contributed by atoms with E-state index in [2.05, 4.69) is 33.6 Å². The van der Waals surface area contributed by atoms with Gasteiger partial charge in [-0.1, -0.05) is 13.3 Å². The summed E-state index contributed by atoms with van der Waals surface area (Å²) in [7, 11) is 0. The molecule has 0 aliphatic heterocycles. The number of nitrogens with zero attached hydrogens (tertiary/aromatic N) is 4. The smallest absolute Gasteiger partial charge is 0.341 e. The number of carboxylic acids is 1. The quantitative estimate of drug-likeness (QED) is 0.350. The van der Waals surface area contributed by atoms with Crippen LogP contribution in [0, 0.1) is 11.3 Å². The van der Waals surface area contributed by atoms with Crippen molar-refractivity contribution < 1.29 is 9.90 Å². The van der Waals surface area contributed by atoms with E-state index in [4.69, 9.17) is 5.26 Å². The van der Waals surface area contributed by atoms with Crippen molar-refractivity contribution in [1.29, 1.82) is 5.26 Å². The van der Waals surface area contributed by atoms with Crippen molar-refractivity contribution in [2.75, 3.05) is 10.6 Å². The number of hydrogen-bond donors (Lipinski definition) is 3. The number of nitrogens with one attached hydrogen (secondary N) is 2. The lowest BCUT2D eigenvalue weighted by molar-refractivity contribution is 0.0695. The minimum atomic E-state index is -1.23. The monoisotopic (exact) mass is 454 g/mol. The van der Waals surface area contributed by atoms with Gasteiger partial charge in [-0.15, -0.1) is 0 Å². The number of benzene rings is 2. The molecule has 170 valence electrons. The minimum Gasteiger partial charge on any atom is -0.477 e. The van der Waals surface area contributed by atoms with Crippen LogP contribution < -0.4 is 16.1 Å². The zero-order chi connectivity index (χ0) is 24.1. The molecule has 0 unspecified atom stereocenters. The molecule has 0 radical (unpaired) electrons. The molecular weight excluding hydrogens is 432 g/mol. The van der Waals surface area contributed by atoms with Crippen LogP contribution in [0.4, 0.5) is 23.1 Å². The molecule has 0 fully saturated rings. The van der Waals surface area contributed by atoms with Gasteiger partial charge < -0.3 is 20.3 Å². The van der Waals surface area contributed by atoms with E-state index < -0.39 is 11.4 Å². The maximum absolute atomic E-state index is 12.7. The number of fused-ring (bicyclic) bond motifs is 1. The summed E-state index contributed by atoms with van der Waals surface area (Å²) in [4.78, 5) is 32.9. The Hall–Kier alpha value is -4.71. The predicted molar refractivity (Wildman–Crippen MR) is 130 cm³/mol. The molecule has 0 spiro atoms. The van der Waals surface area contributed by atoms with Crippen LogP contribution >= 0.6 is 0 Å². The first kappa shape index (κ1) is 22.5. The first-order chi connectivity index (χ1) is 16.5. The third-order valence-corrected chi connectivity index (χ3v) is 5.26. The highest BCUT2D eigenvalue weighted by atomic mass is 16.4. The van der Waals surface area contributed by atoms with E-state index in [9.17, 15) is 14.7 Å². The lowest BCUT2D eigenvalue weighted by atomic mass is 10.1. The highest BCUT2D eigenvalue weighted by Gasteiger charge is 2.15. The number of hydrogen-bond acceptors (Lipinski definition) is 7. The second kappa shape index (κ2) is 9.83. The highest BCUT2D eigenvalue weighted by Crippen LogP contribution is 2.22. The summed E-state index contributed by atoms with van der Waals surface area (Å²) >= 11 is 0. The van der Waals surface area contributed by atoms with Gasteiger partial charge in [0.05, 0.1) is 17.1 Å². The molecule has 0 bridgehead atoms. The number of pyridine rings is 1. The maximum Gasteiger partial charge on any atom is 0.341 e. The zero-order valence-electron chi connectivity index (χ0n) is 18.4. The number of anilines is 4. The summed E-state index contributed by atoms with van der Waals surface area (Å²) in [6, 6.07) is 15.9. The van der Waals surface area contributed by atoms with Gasteiger partial charge in [0.25, 0.3) is 0 Å². The van der Waals surface area contributed by atoms with Crippen molar-refractivity contribution in [3.8, 4) is 6.07 Å². The largest absolute Gasteiger partial charge is 0.477 e. The molecule has 34 heavy (non-hydrogen) atoms. The van der Waals surface area contributed by atoms with Crippen LogP contribution in [0.3, 0.4) is 0 Å². The van der Waals surface area contributed by atoms with E-state index >= 15 is 0 Å². The fourth-order valence-corrected chi connectivity index (χ4v) is 3.53. The lowest BCUT2D eigenvalue weighted by Crippen LogP contribution is -2.19. The fraction of sp³-hybridized carbons (Fsp3) is 0.160. The van der Waals surface area contributed by atoms with Gasteiger partial charge in [0, 0.05) is 35.7 Å². The van der Waals surface area contributed by atoms with Crippen molar-refractivity contribution >= 4 is 40.0 Å². The Morgan fingerprint density at radius 1 is 1.12 bits per heavy atom. The number of carbonyl (C=O) groups is 1. The average molecular weight is 454 g/mol. The molecule has 0 saturated carbocycles. The molecule has 0 aliphatic rings. The fourth-order valence-electron chi connectivity index (χ4n) is 3.53. The van der Waals surface area contributed by atoms with Gasteiger partial charge in [0.2, 0.25) is 11.4 Å². The molecule has 0 amide bonds. The summed E-state index contributed by atoms with van der Waals surface area (Å²) in [5.41, 5.74) is 1.92. The van der Waals surface area contributed by atoms with E-state index in [0.29, 0.717) is 40.5 Å². The Bertz CT molecular complexity index is 1450. The Labute approximate surface area is 195 Å². The number of aryl methyl sites for hydroxylation is 1. The van der Waals surface area contributed by atoms with Crippen molar-refractivity contribution in [2.24, 2.45) is 0 Å². The number of unbranched alkanes of at least 4 members (excludes halogenated alkanes) is 1. The van der Waals surface area contributed by atoms with Crippen molar-refractivity contribution in [1.82, 2.24) is 14.5 Å². The Balaban J connectivity index is 1.63. The normalized spacial score (nSPS) is 10.6. The molecule has 0 saturated heterocycles. The number of aromatic nitrogens is 3. The van der Waals surface area contributed by atoms with Crippen LogP contribution in [0.15, 0.2) is 65.7 Å². The van der Waals surface area contributed by atoms with Crippen LogP contribution in [0.1, 0.15) is 35.7 Å². The maximum atomic E-state index is 12.7. The molecule has 0 aliphatic carbocycles. The molecule has 4 aromatic rings. The molecule has 0 atom stereocenters. The van der Waals surface area contributed by atoms with Crippen LogP contribution in [-0.4, -0.2) is 25.6 Å². The van der Waals surface area contributed by atoms with E-state index in [1.165, 1.54) is 6.20 Å². The van der Waals surface area contributed by atoms with E-state index in [-0.39, 0.29) is 5.56 Å². The second-order valence-corrected chi connectivity index (χ2v) is 7.66. The molecule has 2 aromatic carbocycles. The van der Waals surface area contributed by atoms with Crippen LogP contribution in [0.2, 0.25) is 0 Å². The van der Waals surface area contributed by atoms with Crippen molar-refractivity contribution in [3.63, 3.8) is 0 Å². The SMILES string of the molecule is CCCCn1cc(C(=O)O)c(=O)c2ccc(Nc3ccnc(Nc4ccc(C#N)cc4)n3)cc21. The molecule has 3 N–H and O–H groups in total. The van der Waals surface area contributed by atoms with E-state index in [1.54, 1.807) is 48.7 Å². The third-order valence-electron chi connectivity index (χ3n) is 5.26. The molecule has 2 aromatic heterocycles. The molecule has 4 rings (SSSR count). The summed E-state index contributed by atoms with van der Waals surface area (Å²) in [5.74, 6) is -0.320. The van der Waals surface area contributed by atoms with Gasteiger partial charge in [-0.3, -0.25) is 4.79 Å². The Kier molecular flexibility index (Phi) is 6.50. The van der Waals surface area contributed by atoms with E-state index in [0.717, 1.165) is 18.5 Å². The standard InChI is InChI=1S/C25H22N6O3/c1-2-3-12-31-15-20(24(33)34)23(32)19-9-8-18(13-21(19)31)28-22-10-11-27-25(30-22)29-17-6-4-16(14-26)5-7-17/h4-11,13,15H,2-3,12H2,1H3,(H,33,34)(H2,27,28,29,30). The summed E-state index contributed by atoms with van der Waals surface area (Å²) in [6.07, 6.45) is 4.81. The summed E-state index contributed by atoms with van der Waals surface area (Å²) < 4.78 is 1.81. The number of carboxylic acid groups (broad SMARTS) is 1. The molecule has 2 heterocycles. The van der Waals surface area contributed by atoms with Crippen LogP contribution in [0.25, 0.3) is 10.9 Å². The first-order valence-corrected chi connectivity index (χ1v) is 10.8. The Morgan fingerprint density at radius 2 is 1.88 bits per heavy atom. The zero-order valence-corrected chi connectivity index (χ0v) is 18.4. The first-order valence-electron chi connectivity index (χ1n) is 10.8. The number of aromatic carboxylic acids is 1. The van der Waals surface area contributed by atoms with Gasteiger partial charge in [-0.25, -0.2) is 9.78 Å². The highest BCUT2D eigenvalue weighted by molar-refractivity contribution is 5.93. The predicted octanol–water partition coefficient (Wildman–Crippen LogP) is 4.65. The van der Waals surface area contributed by atoms with E-state index in [1.807, 2.05) is 10.6 Å². The topological polar surface area (TPSA) is 133 Å². The third kappa shape index (κ3) is 4.86. The van der Waals surface area contributed by atoms with Crippen LogP contribution in [0.5, 0.6) is 0 Å². The van der Waals surface area contributed by atoms with Crippen molar-refractivity contribution in [2.45, 2.75) is 26.3 Å². The number of nitriles is 1. The number of rotatable bonds is 8. The van der Waals surface area contributed by atoms with Gasteiger partial charge in [0.1, 0.15) is 11.4 Å². The van der Waals surface area contributed by atoms with Gasteiger partial charge in [-0.05, 0) is 55.0 Å². The molecule has 9 heteroatoms. The van der Waals surface area contributed by atoms with Crippen molar-refractivity contribution in [3.05, 3.63) is 82.3 Å². The average Bonchev–Trinajstić information content (AvgIpc) is 2.84. The minimum absolute atomic E-state index is 0.237. The van der Waals surface area contributed by atoms with Crippen LogP contribution in [-0.2, 0) is 6.54 Å². The molecule has 9 nitrogen and oxygen atoms in total. The van der Waals surface area contributed by atoms with Gasteiger partial charge in [0.15, 0.2) is 0 Å². The second-order valence-electron chi connectivity index (χ2n) is 7.66. The lowest BCUT2D eigenvalue weighted by Gasteiger charge is -2.14. The van der Waals surface area contributed by atoms with Gasteiger partial charge >= 0.3 is 5.97 Å². The summed E-state index contributed by atoms with van der Waals surface area (Å²) in [5, 5.41) is 25.0. The molecular formula is C25H22N6O3. The van der Waals surface area contributed by atoms with Gasteiger partial charge in [-0.2, -0.15) is 10.2 Å². The Morgan fingerprint density at radius 3 is 2.59 bits per heavy atom.